The minimum atomic E-state index is -0.616. The summed E-state index contributed by atoms with van der Waals surface area (Å²) in [6.07, 6.45) is 0. The van der Waals surface area contributed by atoms with E-state index in [-0.39, 0.29) is 0 Å². The Bertz CT molecular complexity index is 343. The van der Waals surface area contributed by atoms with E-state index < -0.39 is 5.79 Å². The van der Waals surface area contributed by atoms with Gasteiger partial charge in [0.1, 0.15) is 0 Å². The molecule has 0 saturated carbocycles. The van der Waals surface area contributed by atoms with Crippen LogP contribution in [0.4, 0.5) is 0 Å². The molecule has 0 aromatic heterocycles. The minimum absolute atomic E-state index is 0.616. The van der Waals surface area contributed by atoms with Crippen LogP contribution < -0.4 is 0 Å². The second-order valence-corrected chi connectivity index (χ2v) is 4.04. The Hall–Kier alpha value is -0.570. The highest BCUT2D eigenvalue weighted by Gasteiger charge is 2.34. The summed E-state index contributed by atoms with van der Waals surface area (Å²) in [6.45, 7) is 5.24. The lowest BCUT2D eigenvalue weighted by Gasteiger charge is -2.24. The van der Waals surface area contributed by atoms with E-state index in [1.165, 1.54) is 0 Å². The Morgan fingerprint density at radius 1 is 1.29 bits per heavy atom. The highest BCUT2D eigenvalue weighted by atomic mass is 35.5. The van der Waals surface area contributed by atoms with Gasteiger partial charge in [0.15, 0.2) is 5.79 Å². The van der Waals surface area contributed by atoms with Gasteiger partial charge in [0.25, 0.3) is 0 Å². The van der Waals surface area contributed by atoms with Crippen molar-refractivity contribution in [1.82, 2.24) is 0 Å². The summed E-state index contributed by atoms with van der Waals surface area (Å²) in [5.41, 5.74) is 2.15. The van der Waals surface area contributed by atoms with E-state index in [0.717, 1.165) is 11.1 Å². The molecule has 0 radical (unpaired) electrons. The standard InChI is InChI=1S/C11H13ClO2/c1-8-3-4-9(12)7-10(8)11(2)13-5-6-14-11/h3-4,7H,5-6H2,1-2H3. The Morgan fingerprint density at radius 2 is 1.93 bits per heavy atom. The fraction of sp³-hybridized carbons (Fsp3) is 0.455. The molecule has 14 heavy (non-hydrogen) atoms. The first-order chi connectivity index (χ1) is 6.62. The molecule has 1 aromatic carbocycles. The van der Waals surface area contributed by atoms with Gasteiger partial charge in [-0.25, -0.2) is 0 Å². The molecule has 0 aliphatic carbocycles. The van der Waals surface area contributed by atoms with E-state index in [9.17, 15) is 0 Å². The van der Waals surface area contributed by atoms with E-state index in [1.54, 1.807) is 0 Å². The Balaban J connectivity index is 2.44. The van der Waals surface area contributed by atoms with Crippen LogP contribution in [-0.2, 0) is 15.3 Å². The predicted molar refractivity (Wildman–Crippen MR) is 55.4 cm³/mol. The molecule has 0 N–H and O–H groups in total. The lowest BCUT2D eigenvalue weighted by molar-refractivity contribution is -0.150. The van der Waals surface area contributed by atoms with Gasteiger partial charge in [-0.05, 0) is 31.5 Å². The van der Waals surface area contributed by atoms with Gasteiger partial charge < -0.3 is 9.47 Å². The van der Waals surface area contributed by atoms with Crippen LogP contribution in [0.25, 0.3) is 0 Å². The average molecular weight is 213 g/mol. The van der Waals surface area contributed by atoms with Gasteiger partial charge in [0, 0.05) is 10.6 Å². The molecule has 1 aromatic rings. The van der Waals surface area contributed by atoms with Gasteiger partial charge >= 0.3 is 0 Å². The maximum absolute atomic E-state index is 5.95. The highest BCUT2D eigenvalue weighted by Crippen LogP contribution is 2.34. The quantitative estimate of drug-likeness (QED) is 0.713. The first-order valence-electron chi connectivity index (χ1n) is 4.66. The lowest BCUT2D eigenvalue weighted by atomic mass is 10.0. The number of ether oxygens (including phenoxy) is 2. The van der Waals surface area contributed by atoms with Crippen LogP contribution in [0, 0.1) is 6.92 Å². The maximum Gasteiger partial charge on any atom is 0.192 e. The van der Waals surface area contributed by atoms with Crippen LogP contribution in [0.5, 0.6) is 0 Å². The molecule has 1 saturated heterocycles. The number of hydrogen-bond donors (Lipinski definition) is 0. The summed E-state index contributed by atoms with van der Waals surface area (Å²) in [5, 5.41) is 0.714. The van der Waals surface area contributed by atoms with E-state index in [0.29, 0.717) is 18.2 Å². The number of rotatable bonds is 1. The molecule has 3 heteroatoms. The molecule has 1 aliphatic heterocycles. The zero-order valence-corrected chi connectivity index (χ0v) is 9.10. The van der Waals surface area contributed by atoms with Crippen LogP contribution in [0.15, 0.2) is 18.2 Å². The molecule has 1 fully saturated rings. The normalized spacial score (nSPS) is 19.9. The molecule has 2 nitrogen and oxygen atoms in total. The summed E-state index contributed by atoms with van der Waals surface area (Å²) < 4.78 is 11.2. The first kappa shape index (κ1) is 9.97. The molecule has 1 aliphatic rings. The SMILES string of the molecule is Cc1ccc(Cl)cc1C1(C)OCCO1. The largest absolute Gasteiger partial charge is 0.344 e. The summed E-state index contributed by atoms with van der Waals surface area (Å²) in [7, 11) is 0. The minimum Gasteiger partial charge on any atom is -0.344 e. The van der Waals surface area contributed by atoms with Crippen molar-refractivity contribution in [3.8, 4) is 0 Å². The van der Waals surface area contributed by atoms with Crippen molar-refractivity contribution in [2.45, 2.75) is 19.6 Å². The first-order valence-corrected chi connectivity index (χ1v) is 5.04. The number of hydrogen-bond acceptors (Lipinski definition) is 2. The summed E-state index contributed by atoms with van der Waals surface area (Å²) in [5.74, 6) is -0.616. The second kappa shape index (κ2) is 3.54. The monoisotopic (exact) mass is 212 g/mol. The van der Waals surface area contributed by atoms with E-state index in [4.69, 9.17) is 21.1 Å². The van der Waals surface area contributed by atoms with Crippen molar-refractivity contribution in [2.24, 2.45) is 0 Å². The van der Waals surface area contributed by atoms with Crippen LogP contribution in [0.1, 0.15) is 18.1 Å². The molecular weight excluding hydrogens is 200 g/mol. The van der Waals surface area contributed by atoms with E-state index in [2.05, 4.69) is 0 Å². The molecule has 0 bridgehead atoms. The van der Waals surface area contributed by atoms with Gasteiger partial charge in [-0.2, -0.15) is 0 Å². The summed E-state index contributed by atoms with van der Waals surface area (Å²) in [4.78, 5) is 0. The molecule has 76 valence electrons. The smallest absolute Gasteiger partial charge is 0.192 e. The van der Waals surface area contributed by atoms with Crippen LogP contribution in [0.2, 0.25) is 5.02 Å². The predicted octanol–water partition coefficient (Wildman–Crippen LogP) is 2.87. The van der Waals surface area contributed by atoms with Gasteiger partial charge in [-0.1, -0.05) is 17.7 Å². The molecule has 0 amide bonds. The summed E-state index contributed by atoms with van der Waals surface area (Å²) >= 11 is 5.95. The lowest BCUT2D eigenvalue weighted by Crippen LogP contribution is -2.23. The average Bonchev–Trinajstić information content (AvgIpc) is 2.58. The van der Waals surface area contributed by atoms with Gasteiger partial charge in [-0.3, -0.25) is 0 Å². The third-order valence-electron chi connectivity index (χ3n) is 2.53. The topological polar surface area (TPSA) is 18.5 Å². The number of benzene rings is 1. The third kappa shape index (κ3) is 1.65. The van der Waals surface area contributed by atoms with E-state index >= 15 is 0 Å². The van der Waals surface area contributed by atoms with Crippen molar-refractivity contribution in [3.05, 3.63) is 34.3 Å². The van der Waals surface area contributed by atoms with Crippen LogP contribution in [-0.4, -0.2) is 13.2 Å². The Morgan fingerprint density at radius 3 is 2.57 bits per heavy atom. The van der Waals surface area contributed by atoms with Crippen molar-refractivity contribution < 1.29 is 9.47 Å². The molecule has 0 atom stereocenters. The molecule has 0 spiro atoms. The number of aryl methyl sites for hydroxylation is 1. The fourth-order valence-electron chi connectivity index (χ4n) is 1.75. The van der Waals surface area contributed by atoms with Gasteiger partial charge in [0.2, 0.25) is 0 Å². The Labute approximate surface area is 88.8 Å². The third-order valence-corrected chi connectivity index (χ3v) is 2.76. The summed E-state index contributed by atoms with van der Waals surface area (Å²) in [6, 6.07) is 5.76. The maximum atomic E-state index is 5.95. The van der Waals surface area contributed by atoms with Gasteiger partial charge in [0.05, 0.1) is 13.2 Å². The van der Waals surface area contributed by atoms with E-state index in [1.807, 2.05) is 32.0 Å². The van der Waals surface area contributed by atoms with Gasteiger partial charge in [-0.15, -0.1) is 0 Å². The zero-order valence-electron chi connectivity index (χ0n) is 8.34. The molecular formula is C11H13ClO2. The molecule has 1 heterocycles. The Kier molecular flexibility index (Phi) is 2.52. The van der Waals surface area contributed by atoms with Crippen LogP contribution in [0.3, 0.4) is 0 Å². The molecule has 2 rings (SSSR count). The zero-order chi connectivity index (χ0) is 10.2. The van der Waals surface area contributed by atoms with Crippen molar-refractivity contribution in [1.29, 1.82) is 0 Å². The highest BCUT2D eigenvalue weighted by molar-refractivity contribution is 6.30. The second-order valence-electron chi connectivity index (χ2n) is 3.60. The fourth-order valence-corrected chi connectivity index (χ4v) is 1.93. The van der Waals surface area contributed by atoms with Crippen molar-refractivity contribution in [3.63, 3.8) is 0 Å². The molecule has 0 unspecified atom stereocenters. The van der Waals surface area contributed by atoms with Crippen molar-refractivity contribution in [2.75, 3.05) is 13.2 Å². The van der Waals surface area contributed by atoms with Crippen LogP contribution >= 0.6 is 11.6 Å². The van der Waals surface area contributed by atoms with Crippen molar-refractivity contribution >= 4 is 11.6 Å². The number of halogens is 1.